The zero-order valence-electron chi connectivity index (χ0n) is 11.2. The highest BCUT2D eigenvalue weighted by atomic mass is 15.2. The van der Waals surface area contributed by atoms with Crippen molar-refractivity contribution in [3.05, 3.63) is 41.6 Å². The molecule has 0 atom stereocenters. The number of nitrogens with zero attached hydrogens (tertiary/aromatic N) is 3. The molecule has 0 bridgehead atoms. The molecule has 0 spiro atoms. The minimum Gasteiger partial charge on any atom is -0.367 e. The molecule has 1 aliphatic heterocycles. The van der Waals surface area contributed by atoms with Crippen molar-refractivity contribution in [2.75, 3.05) is 25.0 Å². The Kier molecular flexibility index (Phi) is 3.46. The average Bonchev–Trinajstić information content (AvgIpc) is 2.97. The van der Waals surface area contributed by atoms with Crippen LogP contribution >= 0.6 is 0 Å². The molecule has 5 nitrogen and oxygen atoms in total. The molecule has 0 amide bonds. The van der Waals surface area contributed by atoms with Crippen LogP contribution in [0, 0.1) is 0 Å². The highest BCUT2D eigenvalue weighted by Gasteiger charge is 2.17. The van der Waals surface area contributed by atoms with Crippen LogP contribution in [-0.4, -0.2) is 35.1 Å². The number of fused-ring (bicyclic) bond motifs is 1. The second-order valence-electron chi connectivity index (χ2n) is 4.94. The Morgan fingerprint density at radius 2 is 2.32 bits per heavy atom. The second-order valence-corrected chi connectivity index (χ2v) is 4.94. The molecule has 5 heteroatoms. The average molecular weight is 257 g/mol. The molecule has 2 aromatic rings. The fourth-order valence-corrected chi connectivity index (χ4v) is 2.50. The van der Waals surface area contributed by atoms with Gasteiger partial charge >= 0.3 is 0 Å². The number of nitrogens with one attached hydrogen (secondary N) is 2. The van der Waals surface area contributed by atoms with Crippen molar-refractivity contribution < 1.29 is 0 Å². The summed E-state index contributed by atoms with van der Waals surface area (Å²) in [7, 11) is 2.10. The van der Waals surface area contributed by atoms with Gasteiger partial charge in [-0.25, -0.2) is 9.97 Å². The van der Waals surface area contributed by atoms with E-state index in [0.717, 1.165) is 38.3 Å². The quantitative estimate of drug-likeness (QED) is 0.862. The van der Waals surface area contributed by atoms with Crippen molar-refractivity contribution >= 4 is 5.82 Å². The SMILES string of the molecule is CN(CCc1cc[nH]c1)c1ncnc2c1CNCC2. The highest BCUT2D eigenvalue weighted by Crippen LogP contribution is 2.21. The number of hydrogen-bond acceptors (Lipinski definition) is 4. The zero-order valence-corrected chi connectivity index (χ0v) is 11.2. The molecule has 2 aromatic heterocycles. The Bertz CT molecular complexity index is 535. The lowest BCUT2D eigenvalue weighted by molar-refractivity contribution is 0.622. The Hall–Kier alpha value is -1.88. The molecular formula is C14H19N5. The van der Waals surface area contributed by atoms with Crippen molar-refractivity contribution in [2.24, 2.45) is 0 Å². The summed E-state index contributed by atoms with van der Waals surface area (Å²) in [5.74, 6) is 1.06. The first-order valence-corrected chi connectivity index (χ1v) is 6.71. The summed E-state index contributed by atoms with van der Waals surface area (Å²) < 4.78 is 0. The predicted octanol–water partition coefficient (Wildman–Crippen LogP) is 1.13. The molecule has 3 heterocycles. The van der Waals surface area contributed by atoms with Gasteiger partial charge in [0.1, 0.15) is 12.1 Å². The molecule has 100 valence electrons. The minimum atomic E-state index is 0.875. The molecule has 0 radical (unpaired) electrons. The van der Waals surface area contributed by atoms with Gasteiger partial charge in [0.2, 0.25) is 0 Å². The van der Waals surface area contributed by atoms with Crippen molar-refractivity contribution in [1.82, 2.24) is 20.3 Å². The van der Waals surface area contributed by atoms with Crippen LogP contribution in [0.25, 0.3) is 0 Å². The number of aromatic amines is 1. The molecule has 0 aromatic carbocycles. The zero-order chi connectivity index (χ0) is 13.1. The van der Waals surface area contributed by atoms with Crippen molar-refractivity contribution in [3.63, 3.8) is 0 Å². The van der Waals surface area contributed by atoms with Gasteiger partial charge < -0.3 is 15.2 Å². The number of likely N-dealkylation sites (N-methyl/N-ethyl adjacent to an activating group) is 1. The second kappa shape index (κ2) is 5.40. The lowest BCUT2D eigenvalue weighted by Gasteiger charge is -2.24. The Morgan fingerprint density at radius 1 is 1.37 bits per heavy atom. The summed E-state index contributed by atoms with van der Waals surface area (Å²) in [6.07, 6.45) is 7.71. The molecule has 19 heavy (non-hydrogen) atoms. The number of rotatable bonds is 4. The first kappa shape index (κ1) is 12.2. The van der Waals surface area contributed by atoms with E-state index >= 15 is 0 Å². The van der Waals surface area contributed by atoms with E-state index in [0.29, 0.717) is 0 Å². The maximum atomic E-state index is 4.46. The molecule has 0 unspecified atom stereocenters. The smallest absolute Gasteiger partial charge is 0.136 e. The molecule has 1 aliphatic rings. The third-order valence-electron chi connectivity index (χ3n) is 3.61. The number of H-pyrrole nitrogens is 1. The van der Waals surface area contributed by atoms with Crippen LogP contribution in [0.15, 0.2) is 24.8 Å². The fourth-order valence-electron chi connectivity index (χ4n) is 2.50. The molecule has 0 aliphatic carbocycles. The van der Waals surface area contributed by atoms with E-state index in [1.54, 1.807) is 6.33 Å². The van der Waals surface area contributed by atoms with Gasteiger partial charge in [-0.15, -0.1) is 0 Å². The molecule has 0 saturated carbocycles. The van der Waals surface area contributed by atoms with E-state index < -0.39 is 0 Å². The van der Waals surface area contributed by atoms with Gasteiger partial charge in [-0.05, 0) is 18.1 Å². The van der Waals surface area contributed by atoms with Gasteiger partial charge in [-0.1, -0.05) is 0 Å². The van der Waals surface area contributed by atoms with Crippen LogP contribution in [0.3, 0.4) is 0 Å². The van der Waals surface area contributed by atoms with Crippen LogP contribution in [0.2, 0.25) is 0 Å². The Balaban J connectivity index is 1.74. The van der Waals surface area contributed by atoms with Gasteiger partial charge in [0.25, 0.3) is 0 Å². The fraction of sp³-hybridized carbons (Fsp3) is 0.429. The molecule has 3 rings (SSSR count). The topological polar surface area (TPSA) is 56.8 Å². The summed E-state index contributed by atoms with van der Waals surface area (Å²) >= 11 is 0. The van der Waals surface area contributed by atoms with Crippen molar-refractivity contribution in [2.45, 2.75) is 19.4 Å². The standard InChI is InChI=1S/C14H19N5/c1-19(7-4-11-2-5-15-8-11)14-12-9-16-6-3-13(12)17-10-18-14/h2,5,8,10,15-16H,3-4,6-7,9H2,1H3. The van der Waals surface area contributed by atoms with E-state index in [4.69, 9.17) is 0 Å². The van der Waals surface area contributed by atoms with Crippen LogP contribution < -0.4 is 10.2 Å². The number of aromatic nitrogens is 3. The van der Waals surface area contributed by atoms with Crippen LogP contribution in [0.4, 0.5) is 5.82 Å². The lowest BCUT2D eigenvalue weighted by atomic mass is 10.1. The largest absolute Gasteiger partial charge is 0.367 e. The number of anilines is 1. The summed E-state index contributed by atoms with van der Waals surface area (Å²) in [6.45, 7) is 2.85. The molecule has 2 N–H and O–H groups in total. The maximum absolute atomic E-state index is 4.46. The molecule has 0 saturated heterocycles. The van der Waals surface area contributed by atoms with Crippen LogP contribution in [0.1, 0.15) is 16.8 Å². The van der Waals surface area contributed by atoms with Gasteiger partial charge in [0.15, 0.2) is 0 Å². The first-order chi connectivity index (χ1) is 9.34. The van der Waals surface area contributed by atoms with Crippen molar-refractivity contribution in [1.29, 1.82) is 0 Å². The maximum Gasteiger partial charge on any atom is 0.136 e. The third-order valence-corrected chi connectivity index (χ3v) is 3.61. The lowest BCUT2D eigenvalue weighted by Crippen LogP contribution is -2.30. The van der Waals surface area contributed by atoms with Crippen LogP contribution in [0.5, 0.6) is 0 Å². The predicted molar refractivity (Wildman–Crippen MR) is 75.2 cm³/mol. The summed E-state index contributed by atoms with van der Waals surface area (Å²) in [5, 5.41) is 3.39. The third kappa shape index (κ3) is 2.61. The Morgan fingerprint density at radius 3 is 3.16 bits per heavy atom. The van der Waals surface area contributed by atoms with E-state index in [2.05, 4.69) is 38.3 Å². The summed E-state index contributed by atoms with van der Waals surface area (Å²) in [6, 6.07) is 2.12. The Labute approximate surface area is 113 Å². The minimum absolute atomic E-state index is 0.875. The van der Waals surface area contributed by atoms with E-state index in [-0.39, 0.29) is 0 Å². The number of hydrogen-bond donors (Lipinski definition) is 2. The monoisotopic (exact) mass is 257 g/mol. The summed E-state index contributed by atoms with van der Waals surface area (Å²) in [4.78, 5) is 14.2. The van der Waals surface area contributed by atoms with Gasteiger partial charge in [0, 0.05) is 51.1 Å². The van der Waals surface area contributed by atoms with E-state index in [1.165, 1.54) is 16.8 Å². The van der Waals surface area contributed by atoms with E-state index in [1.807, 2.05) is 12.4 Å². The highest BCUT2D eigenvalue weighted by molar-refractivity contribution is 5.48. The van der Waals surface area contributed by atoms with Gasteiger partial charge in [-0.3, -0.25) is 0 Å². The van der Waals surface area contributed by atoms with E-state index in [9.17, 15) is 0 Å². The van der Waals surface area contributed by atoms with Crippen molar-refractivity contribution in [3.8, 4) is 0 Å². The molecule has 0 fully saturated rings. The summed E-state index contributed by atoms with van der Waals surface area (Å²) in [5.41, 5.74) is 3.77. The van der Waals surface area contributed by atoms with Gasteiger partial charge in [0.05, 0.1) is 5.69 Å². The van der Waals surface area contributed by atoms with Gasteiger partial charge in [-0.2, -0.15) is 0 Å². The normalized spacial score (nSPS) is 14.2. The first-order valence-electron chi connectivity index (χ1n) is 6.71. The van der Waals surface area contributed by atoms with Crippen LogP contribution in [-0.2, 0) is 19.4 Å². The molecular weight excluding hydrogens is 238 g/mol.